The van der Waals surface area contributed by atoms with Gasteiger partial charge in [0.2, 0.25) is 5.91 Å². The number of benzene rings is 1. The third-order valence-corrected chi connectivity index (χ3v) is 9.48. The van der Waals surface area contributed by atoms with E-state index in [2.05, 4.69) is 56.8 Å². The zero-order chi connectivity index (χ0) is 25.4. The first-order valence-corrected chi connectivity index (χ1v) is 14.1. The van der Waals surface area contributed by atoms with Crippen LogP contribution in [0.5, 0.6) is 0 Å². The topological polar surface area (TPSA) is 82.5 Å². The molecule has 0 radical (unpaired) electrons. The maximum absolute atomic E-state index is 12.2. The van der Waals surface area contributed by atoms with Crippen molar-refractivity contribution in [1.29, 1.82) is 0 Å². The van der Waals surface area contributed by atoms with E-state index in [0.717, 1.165) is 36.3 Å². The van der Waals surface area contributed by atoms with Crippen LogP contribution in [-0.2, 0) is 9.59 Å². The van der Waals surface area contributed by atoms with Crippen LogP contribution in [0.25, 0.3) is 11.3 Å². The van der Waals surface area contributed by atoms with E-state index in [1.807, 2.05) is 12.3 Å². The van der Waals surface area contributed by atoms with Crippen LogP contribution in [-0.4, -0.2) is 72.3 Å². The molecule has 1 saturated carbocycles. The molecule has 198 valence electrons. The number of nitrogens with zero attached hydrogens (tertiary/aromatic N) is 4. The molecule has 4 heterocycles. The van der Waals surface area contributed by atoms with Crippen molar-refractivity contribution in [3.63, 3.8) is 0 Å². The zero-order valence-corrected chi connectivity index (χ0v) is 22.0. The summed E-state index contributed by atoms with van der Waals surface area (Å²) in [4.78, 5) is 28.8. The first-order valence-electron chi connectivity index (χ1n) is 14.1. The normalized spacial score (nSPS) is 25.3. The monoisotopic (exact) mass is 504 g/mol. The van der Waals surface area contributed by atoms with Crippen molar-refractivity contribution in [3.8, 4) is 11.3 Å². The molecule has 2 N–H and O–H groups in total. The molecular weight excluding hydrogens is 464 g/mol. The van der Waals surface area contributed by atoms with Gasteiger partial charge in [-0.1, -0.05) is 12.1 Å². The van der Waals surface area contributed by atoms with Crippen molar-refractivity contribution >= 4 is 17.5 Å². The lowest BCUT2D eigenvalue weighted by molar-refractivity contribution is -0.135. The Bertz CT molecular complexity index is 1100. The molecule has 1 unspecified atom stereocenters. The average molecular weight is 505 g/mol. The summed E-state index contributed by atoms with van der Waals surface area (Å²) < 4.78 is 1.68. The van der Waals surface area contributed by atoms with Crippen LogP contribution in [0, 0.1) is 11.3 Å². The number of aromatic nitrogens is 2. The number of imide groups is 1. The van der Waals surface area contributed by atoms with Gasteiger partial charge in [-0.2, -0.15) is 5.10 Å². The molecule has 37 heavy (non-hydrogen) atoms. The van der Waals surface area contributed by atoms with Crippen molar-refractivity contribution in [2.75, 3.05) is 44.7 Å². The van der Waals surface area contributed by atoms with E-state index in [0.29, 0.717) is 18.3 Å². The third-order valence-electron chi connectivity index (χ3n) is 9.48. The fourth-order valence-corrected chi connectivity index (χ4v) is 6.99. The largest absolute Gasteiger partial charge is 0.372 e. The molecule has 3 aliphatic heterocycles. The number of rotatable bonds is 6. The quantitative estimate of drug-likeness (QED) is 0.588. The van der Waals surface area contributed by atoms with Gasteiger partial charge in [0, 0.05) is 49.5 Å². The highest BCUT2D eigenvalue weighted by molar-refractivity contribution is 5.99. The summed E-state index contributed by atoms with van der Waals surface area (Å²) in [5.74, 6) is 0.340. The molecular formula is C29H40N6O2. The number of likely N-dealkylation sites (tertiary alicyclic amines) is 1. The summed E-state index contributed by atoms with van der Waals surface area (Å²) in [6.45, 7) is 6.09. The first-order chi connectivity index (χ1) is 18.0. The van der Waals surface area contributed by atoms with E-state index in [9.17, 15) is 9.59 Å². The van der Waals surface area contributed by atoms with Crippen LogP contribution in [0.15, 0.2) is 36.5 Å². The smallest absolute Gasteiger partial charge is 0.251 e. The second kappa shape index (κ2) is 10.2. The molecule has 2 aromatic rings. The highest BCUT2D eigenvalue weighted by Crippen LogP contribution is 2.49. The Labute approximate surface area is 219 Å². The molecule has 4 fully saturated rings. The standard InChI is InChI=1S/C29H40N6O2/c1-30-23-18-29(19-23)11-16-33(17-12-29)20-21-8-13-34(14-9-21)24-4-2-22(3-5-24)25-10-15-35(32-25)26-6-7-27(36)31-28(26)37/h2-5,10,15,21,23,26,30H,6-9,11-14,16-20H2,1H3,(H,31,36,37). The summed E-state index contributed by atoms with van der Waals surface area (Å²) >= 11 is 0. The van der Waals surface area contributed by atoms with Gasteiger partial charge in [0.15, 0.2) is 0 Å². The van der Waals surface area contributed by atoms with Gasteiger partial charge in [-0.3, -0.25) is 19.6 Å². The van der Waals surface area contributed by atoms with Gasteiger partial charge in [-0.15, -0.1) is 0 Å². The van der Waals surface area contributed by atoms with Gasteiger partial charge < -0.3 is 15.1 Å². The predicted molar refractivity (Wildman–Crippen MR) is 144 cm³/mol. The van der Waals surface area contributed by atoms with Crippen LogP contribution >= 0.6 is 0 Å². The van der Waals surface area contributed by atoms with Crippen LogP contribution in [0.3, 0.4) is 0 Å². The van der Waals surface area contributed by atoms with Crippen LogP contribution in [0.4, 0.5) is 5.69 Å². The SMILES string of the molecule is CNC1CC2(CCN(CC3CCN(c4ccc(-c5ccn(C6CCC(=O)NC6=O)n5)cc4)CC3)CC2)C1. The molecule has 3 saturated heterocycles. The van der Waals surface area contributed by atoms with Crippen molar-refractivity contribution in [2.24, 2.45) is 11.3 Å². The molecule has 1 aliphatic carbocycles. The number of hydrogen-bond donors (Lipinski definition) is 2. The molecule has 2 amide bonds. The fraction of sp³-hybridized carbons (Fsp3) is 0.621. The van der Waals surface area contributed by atoms with E-state index in [1.165, 1.54) is 63.8 Å². The molecule has 8 nitrogen and oxygen atoms in total. The van der Waals surface area contributed by atoms with E-state index in [4.69, 9.17) is 0 Å². The maximum Gasteiger partial charge on any atom is 0.251 e. The highest BCUT2D eigenvalue weighted by atomic mass is 16.2. The highest BCUT2D eigenvalue weighted by Gasteiger charge is 2.45. The van der Waals surface area contributed by atoms with Crippen LogP contribution < -0.4 is 15.5 Å². The van der Waals surface area contributed by atoms with Gasteiger partial charge in [-0.25, -0.2) is 0 Å². The second-order valence-corrected chi connectivity index (χ2v) is 11.8. The lowest BCUT2D eigenvalue weighted by atomic mass is 9.60. The van der Waals surface area contributed by atoms with E-state index >= 15 is 0 Å². The van der Waals surface area contributed by atoms with Crippen molar-refractivity contribution in [2.45, 2.75) is 63.5 Å². The lowest BCUT2D eigenvalue weighted by Gasteiger charge is -2.52. The van der Waals surface area contributed by atoms with Crippen molar-refractivity contribution in [1.82, 2.24) is 25.3 Å². The zero-order valence-electron chi connectivity index (χ0n) is 22.0. The second-order valence-electron chi connectivity index (χ2n) is 11.8. The summed E-state index contributed by atoms with van der Waals surface area (Å²) in [5.41, 5.74) is 3.82. The van der Waals surface area contributed by atoms with Gasteiger partial charge in [0.1, 0.15) is 6.04 Å². The fourth-order valence-electron chi connectivity index (χ4n) is 6.99. The van der Waals surface area contributed by atoms with Gasteiger partial charge in [0.05, 0.1) is 5.69 Å². The van der Waals surface area contributed by atoms with E-state index in [1.54, 1.807) is 4.68 Å². The maximum atomic E-state index is 12.2. The molecule has 8 heteroatoms. The minimum absolute atomic E-state index is 0.204. The Morgan fingerprint density at radius 3 is 2.41 bits per heavy atom. The van der Waals surface area contributed by atoms with Crippen molar-refractivity contribution < 1.29 is 9.59 Å². The van der Waals surface area contributed by atoms with Gasteiger partial charge in [0.25, 0.3) is 5.91 Å². The van der Waals surface area contributed by atoms with Gasteiger partial charge >= 0.3 is 0 Å². The molecule has 1 atom stereocenters. The molecule has 6 rings (SSSR count). The average Bonchev–Trinajstić information content (AvgIpc) is 3.38. The molecule has 1 spiro atoms. The minimum Gasteiger partial charge on any atom is -0.372 e. The van der Waals surface area contributed by atoms with E-state index < -0.39 is 6.04 Å². The summed E-state index contributed by atoms with van der Waals surface area (Å²) in [6.07, 6.45) is 10.8. The Balaban J connectivity index is 0.979. The molecule has 1 aromatic carbocycles. The number of nitrogens with one attached hydrogen (secondary N) is 2. The molecule has 0 bridgehead atoms. The number of anilines is 1. The number of piperidine rings is 3. The van der Waals surface area contributed by atoms with Gasteiger partial charge in [-0.05, 0) is 94.6 Å². The Hall–Kier alpha value is -2.71. The first kappa shape index (κ1) is 24.6. The molecule has 4 aliphatic rings. The number of amides is 2. The minimum atomic E-state index is -0.415. The summed E-state index contributed by atoms with van der Waals surface area (Å²) in [6, 6.07) is 10.9. The number of hydrogen-bond acceptors (Lipinski definition) is 6. The third kappa shape index (κ3) is 5.18. The van der Waals surface area contributed by atoms with Crippen LogP contribution in [0.1, 0.15) is 57.4 Å². The summed E-state index contributed by atoms with van der Waals surface area (Å²) in [5, 5.41) is 10.5. The Morgan fingerprint density at radius 2 is 1.73 bits per heavy atom. The van der Waals surface area contributed by atoms with Crippen molar-refractivity contribution in [3.05, 3.63) is 36.5 Å². The summed E-state index contributed by atoms with van der Waals surface area (Å²) in [7, 11) is 2.11. The number of carbonyl (C=O) groups is 2. The predicted octanol–water partition coefficient (Wildman–Crippen LogP) is 3.21. The lowest BCUT2D eigenvalue weighted by Crippen LogP contribution is -2.53. The number of carbonyl (C=O) groups excluding carboxylic acids is 2. The van der Waals surface area contributed by atoms with Crippen LogP contribution in [0.2, 0.25) is 0 Å². The molecule has 1 aromatic heterocycles. The Kier molecular flexibility index (Phi) is 6.80. The Morgan fingerprint density at radius 1 is 1.00 bits per heavy atom. The van der Waals surface area contributed by atoms with E-state index in [-0.39, 0.29) is 11.8 Å².